The van der Waals surface area contributed by atoms with Crippen LogP contribution in [0.1, 0.15) is 32.2 Å². The van der Waals surface area contributed by atoms with Gasteiger partial charge in [0.05, 0.1) is 11.3 Å². The van der Waals surface area contributed by atoms with Crippen LogP contribution in [0.2, 0.25) is 0 Å². The molecule has 0 saturated carbocycles. The van der Waals surface area contributed by atoms with E-state index in [2.05, 4.69) is 18.1 Å². The molecule has 16 heavy (non-hydrogen) atoms. The molecule has 0 saturated heterocycles. The molecule has 0 radical (unpaired) electrons. The number of rotatable bonds is 5. The van der Waals surface area contributed by atoms with Gasteiger partial charge in [0.15, 0.2) is 0 Å². The van der Waals surface area contributed by atoms with Crippen LogP contribution in [-0.4, -0.2) is 28.5 Å². The van der Waals surface area contributed by atoms with Crippen LogP contribution >= 0.6 is 0 Å². The Morgan fingerprint density at radius 1 is 1.56 bits per heavy atom. The molecule has 1 rings (SSSR count). The normalized spacial score (nSPS) is 14.1. The minimum Gasteiger partial charge on any atom is -0.377 e. The Hall–Kier alpha value is -0.870. The lowest BCUT2D eigenvalue weighted by Gasteiger charge is -2.30. The van der Waals surface area contributed by atoms with Crippen molar-refractivity contribution in [3.8, 4) is 0 Å². The zero-order chi connectivity index (χ0) is 12.3. The summed E-state index contributed by atoms with van der Waals surface area (Å²) in [7, 11) is 3.65. The number of nitrogens with zero attached hydrogens (tertiary/aromatic N) is 2. The molecular formula is C12H23N3O. The first-order valence-electron chi connectivity index (χ1n) is 5.73. The predicted octanol–water partition coefficient (Wildman–Crippen LogP) is 1.28. The van der Waals surface area contributed by atoms with Gasteiger partial charge in [0, 0.05) is 32.3 Å². The lowest BCUT2D eigenvalue weighted by molar-refractivity contribution is 0.000395. The molecule has 0 amide bonds. The molecule has 1 atom stereocenters. The van der Waals surface area contributed by atoms with Crippen LogP contribution in [0.5, 0.6) is 0 Å². The molecule has 1 heterocycles. The Morgan fingerprint density at radius 3 is 2.62 bits per heavy atom. The quantitative estimate of drug-likeness (QED) is 0.821. The summed E-state index contributed by atoms with van der Waals surface area (Å²) < 4.78 is 7.30. The van der Waals surface area contributed by atoms with E-state index in [4.69, 9.17) is 10.5 Å². The second-order valence-corrected chi connectivity index (χ2v) is 4.72. The maximum atomic E-state index is 6.15. The Morgan fingerprint density at radius 2 is 2.19 bits per heavy atom. The number of aromatic nitrogens is 2. The van der Waals surface area contributed by atoms with E-state index in [1.165, 1.54) is 0 Å². The molecular weight excluding hydrogens is 202 g/mol. The summed E-state index contributed by atoms with van der Waals surface area (Å²) in [5.41, 5.74) is 8.11. The van der Waals surface area contributed by atoms with Gasteiger partial charge >= 0.3 is 0 Å². The topological polar surface area (TPSA) is 53.1 Å². The fraction of sp³-hybridized carbons (Fsp3) is 0.750. The average molecular weight is 225 g/mol. The van der Waals surface area contributed by atoms with Gasteiger partial charge in [0.2, 0.25) is 0 Å². The molecule has 1 aromatic heterocycles. The second-order valence-electron chi connectivity index (χ2n) is 4.72. The Bertz CT molecular complexity index is 344. The number of hydrogen-bond acceptors (Lipinski definition) is 3. The van der Waals surface area contributed by atoms with E-state index >= 15 is 0 Å². The number of aryl methyl sites for hydroxylation is 2. The van der Waals surface area contributed by atoms with Gasteiger partial charge < -0.3 is 10.5 Å². The largest absolute Gasteiger partial charge is 0.377 e. The van der Waals surface area contributed by atoms with Gasteiger partial charge in [-0.2, -0.15) is 5.10 Å². The smallest absolute Gasteiger partial charge is 0.0776 e. The van der Waals surface area contributed by atoms with E-state index in [1.807, 2.05) is 25.6 Å². The third-order valence-corrected chi connectivity index (χ3v) is 3.24. The minimum absolute atomic E-state index is 0.0300. The van der Waals surface area contributed by atoms with Crippen LogP contribution < -0.4 is 5.73 Å². The van der Waals surface area contributed by atoms with Crippen LogP contribution in [0.4, 0.5) is 0 Å². The molecule has 0 aromatic carbocycles. The maximum Gasteiger partial charge on any atom is 0.0776 e. The van der Waals surface area contributed by atoms with Crippen molar-refractivity contribution in [3.63, 3.8) is 0 Å². The summed E-state index contributed by atoms with van der Waals surface area (Å²) in [4.78, 5) is 0. The van der Waals surface area contributed by atoms with E-state index in [-0.39, 0.29) is 11.6 Å². The van der Waals surface area contributed by atoms with E-state index in [9.17, 15) is 0 Å². The molecule has 0 spiro atoms. The van der Waals surface area contributed by atoms with Crippen molar-refractivity contribution in [2.24, 2.45) is 12.8 Å². The summed E-state index contributed by atoms with van der Waals surface area (Å²) >= 11 is 0. The molecule has 2 N–H and O–H groups in total. The van der Waals surface area contributed by atoms with Crippen molar-refractivity contribution in [3.05, 3.63) is 17.5 Å². The molecule has 4 heteroatoms. The predicted molar refractivity (Wildman–Crippen MR) is 65.4 cm³/mol. The summed E-state index contributed by atoms with van der Waals surface area (Å²) in [5.74, 6) is 0. The fourth-order valence-electron chi connectivity index (χ4n) is 1.56. The van der Waals surface area contributed by atoms with Crippen molar-refractivity contribution in [1.29, 1.82) is 0 Å². The first-order valence-corrected chi connectivity index (χ1v) is 5.73. The van der Waals surface area contributed by atoms with Crippen LogP contribution in [0.15, 0.2) is 6.07 Å². The highest BCUT2D eigenvalue weighted by Gasteiger charge is 2.26. The Labute approximate surface area is 97.8 Å². The SMILES string of the molecule is CCc1cc(CC(N)C(C)(C)OC)n(C)n1. The van der Waals surface area contributed by atoms with Crippen molar-refractivity contribution >= 4 is 0 Å². The zero-order valence-corrected chi connectivity index (χ0v) is 10.9. The van der Waals surface area contributed by atoms with Crippen molar-refractivity contribution < 1.29 is 4.74 Å². The van der Waals surface area contributed by atoms with Gasteiger partial charge in [-0.15, -0.1) is 0 Å². The molecule has 4 nitrogen and oxygen atoms in total. The van der Waals surface area contributed by atoms with Crippen LogP contribution in [0.25, 0.3) is 0 Å². The molecule has 92 valence electrons. The van der Waals surface area contributed by atoms with E-state index in [1.54, 1.807) is 7.11 Å². The van der Waals surface area contributed by atoms with E-state index < -0.39 is 0 Å². The Kier molecular flexibility index (Phi) is 4.10. The van der Waals surface area contributed by atoms with Crippen molar-refractivity contribution in [2.75, 3.05) is 7.11 Å². The molecule has 1 unspecified atom stereocenters. The summed E-state index contributed by atoms with van der Waals surface area (Å²) in [6.45, 7) is 6.12. The first-order chi connectivity index (χ1) is 7.40. The minimum atomic E-state index is -0.309. The van der Waals surface area contributed by atoms with Crippen molar-refractivity contribution in [1.82, 2.24) is 9.78 Å². The van der Waals surface area contributed by atoms with E-state index in [0.717, 1.165) is 24.2 Å². The number of methoxy groups -OCH3 is 1. The Balaban J connectivity index is 2.76. The first kappa shape index (κ1) is 13.2. The summed E-state index contributed by atoms with van der Waals surface area (Å²) in [6, 6.07) is 2.09. The number of nitrogens with two attached hydrogens (primary N) is 1. The molecule has 0 fully saturated rings. The molecule has 0 aliphatic heterocycles. The van der Waals surface area contributed by atoms with Gasteiger partial charge in [-0.3, -0.25) is 4.68 Å². The zero-order valence-electron chi connectivity index (χ0n) is 10.9. The molecule has 1 aromatic rings. The van der Waals surface area contributed by atoms with Crippen molar-refractivity contribution in [2.45, 2.75) is 45.3 Å². The standard InChI is InChI=1S/C12H23N3O/c1-6-9-7-10(15(4)14-9)8-11(13)12(2,3)16-5/h7,11H,6,8,13H2,1-5H3. The van der Waals surface area contributed by atoms with Gasteiger partial charge in [0.1, 0.15) is 0 Å². The molecule has 0 aliphatic rings. The summed E-state index contributed by atoms with van der Waals surface area (Å²) in [5, 5.41) is 4.41. The third-order valence-electron chi connectivity index (χ3n) is 3.24. The van der Waals surface area contributed by atoms with Gasteiger partial charge in [0.25, 0.3) is 0 Å². The lowest BCUT2D eigenvalue weighted by atomic mass is 9.95. The highest BCUT2D eigenvalue weighted by Crippen LogP contribution is 2.16. The van der Waals surface area contributed by atoms with Gasteiger partial charge in [-0.05, 0) is 26.3 Å². The van der Waals surface area contributed by atoms with E-state index in [0.29, 0.717) is 0 Å². The maximum absolute atomic E-state index is 6.15. The highest BCUT2D eigenvalue weighted by atomic mass is 16.5. The van der Waals surface area contributed by atoms with Gasteiger partial charge in [-0.1, -0.05) is 6.92 Å². The van der Waals surface area contributed by atoms with Crippen LogP contribution in [0, 0.1) is 0 Å². The highest BCUT2D eigenvalue weighted by molar-refractivity contribution is 5.12. The van der Waals surface area contributed by atoms with Crippen LogP contribution in [0.3, 0.4) is 0 Å². The second kappa shape index (κ2) is 4.97. The molecule has 0 bridgehead atoms. The number of ether oxygens (including phenoxy) is 1. The number of hydrogen-bond donors (Lipinski definition) is 1. The fourth-order valence-corrected chi connectivity index (χ4v) is 1.56. The van der Waals surface area contributed by atoms with Gasteiger partial charge in [-0.25, -0.2) is 0 Å². The lowest BCUT2D eigenvalue weighted by Crippen LogP contribution is -2.46. The summed E-state index contributed by atoms with van der Waals surface area (Å²) in [6.07, 6.45) is 1.74. The van der Waals surface area contributed by atoms with Crippen LogP contribution in [-0.2, 0) is 24.6 Å². The average Bonchev–Trinajstić information content (AvgIpc) is 2.59. The monoisotopic (exact) mass is 225 g/mol. The molecule has 0 aliphatic carbocycles. The third kappa shape index (κ3) is 2.83.